The molecule has 0 atom stereocenters. The van der Waals surface area contributed by atoms with Crippen LogP contribution in [0.5, 0.6) is 0 Å². The molecule has 0 saturated carbocycles. The first kappa shape index (κ1) is 15.6. The van der Waals surface area contributed by atoms with Crippen LogP contribution in [0.3, 0.4) is 0 Å². The number of rotatable bonds is 3. The van der Waals surface area contributed by atoms with E-state index in [9.17, 15) is 18.4 Å². The van der Waals surface area contributed by atoms with Crippen molar-refractivity contribution in [3.8, 4) is 0 Å². The molecule has 1 aliphatic carbocycles. The fourth-order valence-corrected chi connectivity index (χ4v) is 4.02. The largest absolute Gasteiger partial charge is 0.365 e. The topological polar surface area (TPSA) is 72.2 Å². The van der Waals surface area contributed by atoms with Crippen molar-refractivity contribution in [1.29, 1.82) is 0 Å². The van der Waals surface area contributed by atoms with Crippen LogP contribution < -0.4 is 11.1 Å². The Kier molecular flexibility index (Phi) is 4.12. The van der Waals surface area contributed by atoms with E-state index in [1.165, 1.54) is 17.4 Å². The predicted molar refractivity (Wildman–Crippen MR) is 83.8 cm³/mol. The normalized spacial score (nSPS) is 13.5. The minimum Gasteiger partial charge on any atom is -0.365 e. The van der Waals surface area contributed by atoms with Crippen LogP contribution >= 0.6 is 11.3 Å². The number of halogens is 2. The lowest BCUT2D eigenvalue weighted by Gasteiger charge is -2.11. The first-order valence-corrected chi connectivity index (χ1v) is 7.99. The maximum Gasteiger partial charge on any atom is 0.256 e. The van der Waals surface area contributed by atoms with Crippen molar-refractivity contribution in [2.45, 2.75) is 25.7 Å². The molecule has 120 valence electrons. The number of hydrogen-bond donors (Lipinski definition) is 2. The second kappa shape index (κ2) is 6.08. The molecule has 4 nitrogen and oxygen atoms in total. The Morgan fingerprint density at radius 2 is 1.87 bits per heavy atom. The van der Waals surface area contributed by atoms with E-state index in [2.05, 4.69) is 5.32 Å². The Bertz CT molecular complexity index is 802. The van der Waals surface area contributed by atoms with Gasteiger partial charge in [0.05, 0.1) is 5.56 Å². The number of benzene rings is 1. The highest BCUT2D eigenvalue weighted by Crippen LogP contribution is 2.38. The molecule has 2 aromatic rings. The molecule has 1 aromatic heterocycles. The van der Waals surface area contributed by atoms with Crippen molar-refractivity contribution in [3.63, 3.8) is 0 Å². The maximum atomic E-state index is 13.2. The zero-order valence-corrected chi connectivity index (χ0v) is 12.9. The van der Waals surface area contributed by atoms with Gasteiger partial charge in [0, 0.05) is 10.4 Å². The lowest BCUT2D eigenvalue weighted by molar-refractivity contribution is 0.100. The molecule has 1 heterocycles. The lowest BCUT2D eigenvalue weighted by Crippen LogP contribution is -2.18. The lowest BCUT2D eigenvalue weighted by atomic mass is 9.95. The highest BCUT2D eigenvalue weighted by atomic mass is 32.1. The standard InChI is InChI=1S/C16H14F2N2O2S/c17-10-6-5-8(7-11(10)18)15(22)20-16-13(14(19)21)9-3-1-2-4-12(9)23-16/h5-7H,1-4H2,(H2,19,21)(H,20,22). The van der Waals surface area contributed by atoms with Gasteiger partial charge in [0.25, 0.3) is 11.8 Å². The summed E-state index contributed by atoms with van der Waals surface area (Å²) in [6.07, 6.45) is 3.61. The summed E-state index contributed by atoms with van der Waals surface area (Å²) in [6.45, 7) is 0. The van der Waals surface area contributed by atoms with Gasteiger partial charge in [0.2, 0.25) is 0 Å². The highest BCUT2D eigenvalue weighted by molar-refractivity contribution is 7.17. The Morgan fingerprint density at radius 3 is 2.57 bits per heavy atom. The fourth-order valence-electron chi connectivity index (χ4n) is 2.73. The fraction of sp³-hybridized carbons (Fsp3) is 0.250. The molecule has 7 heteroatoms. The molecular formula is C16H14F2N2O2S. The van der Waals surface area contributed by atoms with Gasteiger partial charge in [-0.15, -0.1) is 11.3 Å². The van der Waals surface area contributed by atoms with Crippen LogP contribution in [0.4, 0.5) is 13.8 Å². The van der Waals surface area contributed by atoms with E-state index < -0.39 is 23.4 Å². The van der Waals surface area contributed by atoms with Crippen molar-refractivity contribution in [3.05, 3.63) is 51.4 Å². The minimum absolute atomic E-state index is 0.0225. The van der Waals surface area contributed by atoms with Crippen LogP contribution in [0.1, 0.15) is 44.0 Å². The molecule has 0 unspecified atom stereocenters. The van der Waals surface area contributed by atoms with Gasteiger partial charge >= 0.3 is 0 Å². The van der Waals surface area contributed by atoms with Crippen LogP contribution in [0.2, 0.25) is 0 Å². The van der Waals surface area contributed by atoms with E-state index in [-0.39, 0.29) is 5.56 Å². The summed E-state index contributed by atoms with van der Waals surface area (Å²) in [5, 5.41) is 2.98. The van der Waals surface area contributed by atoms with Gasteiger partial charge in [-0.2, -0.15) is 0 Å². The number of aryl methyl sites for hydroxylation is 1. The second-order valence-corrected chi connectivity index (χ2v) is 6.47. The molecule has 3 rings (SSSR count). The van der Waals surface area contributed by atoms with Crippen LogP contribution in [-0.4, -0.2) is 11.8 Å². The summed E-state index contributed by atoms with van der Waals surface area (Å²) >= 11 is 1.32. The molecule has 0 spiro atoms. The summed E-state index contributed by atoms with van der Waals surface area (Å²) in [6, 6.07) is 2.89. The van der Waals surface area contributed by atoms with Crippen molar-refractivity contribution in [1.82, 2.24) is 0 Å². The number of amides is 2. The van der Waals surface area contributed by atoms with Crippen LogP contribution in [0.15, 0.2) is 18.2 Å². The number of primary amides is 1. The van der Waals surface area contributed by atoms with Crippen molar-refractivity contribution < 1.29 is 18.4 Å². The summed E-state index contributed by atoms with van der Waals surface area (Å²) < 4.78 is 26.2. The molecule has 3 N–H and O–H groups in total. The predicted octanol–water partition coefficient (Wildman–Crippen LogP) is 3.26. The molecular weight excluding hydrogens is 322 g/mol. The molecule has 1 aromatic carbocycles. The van der Waals surface area contributed by atoms with E-state index in [0.29, 0.717) is 10.6 Å². The summed E-state index contributed by atoms with van der Waals surface area (Å²) in [5.74, 6) is -3.32. The quantitative estimate of drug-likeness (QED) is 0.903. The van der Waals surface area contributed by atoms with Gasteiger partial charge in [-0.05, 0) is 49.4 Å². The summed E-state index contributed by atoms with van der Waals surface area (Å²) in [5.41, 5.74) is 6.66. The Balaban J connectivity index is 1.93. The molecule has 2 amide bonds. The van der Waals surface area contributed by atoms with E-state index in [1.54, 1.807) is 0 Å². The van der Waals surface area contributed by atoms with E-state index in [0.717, 1.165) is 48.3 Å². The first-order valence-electron chi connectivity index (χ1n) is 7.18. The summed E-state index contributed by atoms with van der Waals surface area (Å²) in [7, 11) is 0. The van der Waals surface area contributed by atoms with E-state index in [1.807, 2.05) is 0 Å². The highest BCUT2D eigenvalue weighted by Gasteiger charge is 2.25. The Labute approximate surface area is 135 Å². The number of fused-ring (bicyclic) bond motifs is 1. The smallest absolute Gasteiger partial charge is 0.256 e. The number of carbonyl (C=O) groups is 2. The van der Waals surface area contributed by atoms with E-state index in [4.69, 9.17) is 5.73 Å². The molecule has 0 radical (unpaired) electrons. The molecule has 0 saturated heterocycles. The minimum atomic E-state index is -1.10. The summed E-state index contributed by atoms with van der Waals surface area (Å²) in [4.78, 5) is 25.0. The Morgan fingerprint density at radius 1 is 1.13 bits per heavy atom. The van der Waals surface area contributed by atoms with Gasteiger partial charge in [-0.1, -0.05) is 0 Å². The number of anilines is 1. The zero-order valence-electron chi connectivity index (χ0n) is 12.1. The number of nitrogens with one attached hydrogen (secondary N) is 1. The van der Waals surface area contributed by atoms with Gasteiger partial charge in [0.1, 0.15) is 5.00 Å². The molecule has 0 bridgehead atoms. The Hall–Kier alpha value is -2.28. The number of hydrogen-bond acceptors (Lipinski definition) is 3. The van der Waals surface area contributed by atoms with Crippen molar-refractivity contribution in [2.75, 3.05) is 5.32 Å². The number of thiophene rings is 1. The number of nitrogens with two attached hydrogens (primary N) is 1. The molecule has 1 aliphatic rings. The van der Waals surface area contributed by atoms with Crippen molar-refractivity contribution >= 4 is 28.2 Å². The third-order valence-corrected chi connectivity index (χ3v) is 5.03. The van der Waals surface area contributed by atoms with Gasteiger partial charge < -0.3 is 11.1 Å². The SMILES string of the molecule is NC(=O)c1c(NC(=O)c2ccc(F)c(F)c2)sc2c1CCCC2. The van der Waals surface area contributed by atoms with E-state index >= 15 is 0 Å². The third-order valence-electron chi connectivity index (χ3n) is 3.83. The first-order chi connectivity index (χ1) is 11.0. The second-order valence-electron chi connectivity index (χ2n) is 5.36. The monoisotopic (exact) mass is 336 g/mol. The van der Waals surface area contributed by atoms with Gasteiger partial charge in [0.15, 0.2) is 11.6 Å². The van der Waals surface area contributed by atoms with Gasteiger partial charge in [-0.3, -0.25) is 9.59 Å². The number of carbonyl (C=O) groups excluding carboxylic acids is 2. The molecule has 0 aliphatic heterocycles. The van der Waals surface area contributed by atoms with Gasteiger partial charge in [-0.25, -0.2) is 8.78 Å². The van der Waals surface area contributed by atoms with Crippen LogP contribution in [0.25, 0.3) is 0 Å². The van der Waals surface area contributed by atoms with Crippen LogP contribution in [0, 0.1) is 11.6 Å². The molecule has 23 heavy (non-hydrogen) atoms. The third kappa shape index (κ3) is 2.96. The average molecular weight is 336 g/mol. The maximum absolute atomic E-state index is 13.2. The zero-order chi connectivity index (χ0) is 16.6. The molecule has 0 fully saturated rings. The van der Waals surface area contributed by atoms with Crippen LogP contribution in [-0.2, 0) is 12.8 Å². The average Bonchev–Trinajstić information content (AvgIpc) is 2.87. The van der Waals surface area contributed by atoms with Crippen molar-refractivity contribution in [2.24, 2.45) is 5.73 Å².